The summed E-state index contributed by atoms with van der Waals surface area (Å²) in [7, 11) is 0. The highest BCUT2D eigenvalue weighted by molar-refractivity contribution is 5.97. The van der Waals surface area contributed by atoms with E-state index in [1.807, 2.05) is 49.4 Å². The molecule has 0 aliphatic rings. The normalized spacial score (nSPS) is 10.3. The van der Waals surface area contributed by atoms with Crippen LogP contribution in [-0.4, -0.2) is 23.4 Å². The number of nitrogens with zero attached hydrogens (tertiary/aromatic N) is 1. The van der Waals surface area contributed by atoms with Gasteiger partial charge in [-0.25, -0.2) is 0 Å². The van der Waals surface area contributed by atoms with Crippen molar-refractivity contribution in [3.8, 4) is 17.2 Å². The molecule has 7 heteroatoms. The van der Waals surface area contributed by atoms with E-state index >= 15 is 0 Å². The lowest BCUT2D eigenvalue weighted by molar-refractivity contribution is -0.118. The third-order valence-corrected chi connectivity index (χ3v) is 5.02. The van der Waals surface area contributed by atoms with Gasteiger partial charge in [0, 0.05) is 17.4 Å². The van der Waals surface area contributed by atoms with E-state index in [-0.39, 0.29) is 18.4 Å². The van der Waals surface area contributed by atoms with Gasteiger partial charge in [0.15, 0.2) is 6.61 Å². The summed E-state index contributed by atoms with van der Waals surface area (Å²) in [6, 6.07) is 27.0. The quantitative estimate of drug-likeness (QED) is 0.356. The van der Waals surface area contributed by atoms with E-state index in [4.69, 9.17) is 9.47 Å². The predicted molar refractivity (Wildman–Crippen MR) is 134 cm³/mol. The van der Waals surface area contributed by atoms with E-state index in [0.717, 1.165) is 17.0 Å². The minimum absolute atomic E-state index is 0.172. The van der Waals surface area contributed by atoms with Crippen LogP contribution in [0.25, 0.3) is 0 Å². The van der Waals surface area contributed by atoms with Gasteiger partial charge in [0.25, 0.3) is 11.8 Å². The fraction of sp³-hybridized carbons (Fsp3) is 0.107. The molecule has 0 spiro atoms. The Bertz CT molecular complexity index is 1270. The first kappa shape index (κ1) is 23.5. The van der Waals surface area contributed by atoms with Crippen LogP contribution in [0, 0.1) is 6.92 Å². The van der Waals surface area contributed by atoms with Gasteiger partial charge < -0.3 is 20.1 Å². The van der Waals surface area contributed by atoms with E-state index in [2.05, 4.69) is 15.6 Å². The van der Waals surface area contributed by atoms with Crippen molar-refractivity contribution in [1.29, 1.82) is 0 Å². The minimum atomic E-state index is -0.337. The molecular formula is C28H25N3O4. The average molecular weight is 468 g/mol. The second kappa shape index (κ2) is 11.5. The lowest BCUT2D eigenvalue weighted by Gasteiger charge is -2.10. The van der Waals surface area contributed by atoms with E-state index in [0.29, 0.717) is 29.3 Å². The van der Waals surface area contributed by atoms with Crippen LogP contribution in [0.2, 0.25) is 0 Å². The summed E-state index contributed by atoms with van der Waals surface area (Å²) >= 11 is 0. The second-order valence-electron chi connectivity index (χ2n) is 7.81. The first-order valence-corrected chi connectivity index (χ1v) is 11.1. The highest BCUT2D eigenvalue weighted by Gasteiger charge is 2.09. The molecule has 0 unspecified atom stereocenters. The maximum atomic E-state index is 12.4. The average Bonchev–Trinajstić information content (AvgIpc) is 2.89. The Labute approximate surface area is 203 Å². The van der Waals surface area contributed by atoms with Gasteiger partial charge in [0.05, 0.1) is 12.2 Å². The fourth-order valence-corrected chi connectivity index (χ4v) is 3.21. The topological polar surface area (TPSA) is 89.5 Å². The number of amides is 2. The number of carbonyl (C=O) groups excluding carboxylic acids is 2. The van der Waals surface area contributed by atoms with Gasteiger partial charge in [-0.1, -0.05) is 29.8 Å². The number of aromatic nitrogens is 1. The molecular weight excluding hydrogens is 442 g/mol. The Balaban J connectivity index is 1.25. The molecule has 0 fully saturated rings. The van der Waals surface area contributed by atoms with Crippen LogP contribution < -0.4 is 20.1 Å². The number of hydrogen-bond acceptors (Lipinski definition) is 5. The zero-order valence-corrected chi connectivity index (χ0v) is 19.2. The van der Waals surface area contributed by atoms with Gasteiger partial charge >= 0.3 is 0 Å². The van der Waals surface area contributed by atoms with Crippen molar-refractivity contribution >= 4 is 17.5 Å². The number of aryl methyl sites for hydroxylation is 1. The van der Waals surface area contributed by atoms with Crippen molar-refractivity contribution in [2.24, 2.45) is 0 Å². The lowest BCUT2D eigenvalue weighted by Crippen LogP contribution is -2.24. The van der Waals surface area contributed by atoms with E-state index < -0.39 is 0 Å². The monoisotopic (exact) mass is 467 g/mol. The Kier molecular flexibility index (Phi) is 7.70. The van der Waals surface area contributed by atoms with Crippen molar-refractivity contribution in [3.63, 3.8) is 0 Å². The number of carbonyl (C=O) groups is 2. The summed E-state index contributed by atoms with van der Waals surface area (Å²) in [5.74, 6) is 1.37. The van der Waals surface area contributed by atoms with E-state index in [1.165, 1.54) is 0 Å². The van der Waals surface area contributed by atoms with Crippen LogP contribution >= 0.6 is 0 Å². The second-order valence-corrected chi connectivity index (χ2v) is 7.81. The molecule has 0 bridgehead atoms. The molecule has 4 aromatic rings. The fourth-order valence-electron chi connectivity index (χ4n) is 3.21. The maximum absolute atomic E-state index is 12.4. The Morgan fingerprint density at radius 2 is 1.54 bits per heavy atom. The third kappa shape index (κ3) is 7.17. The first-order valence-electron chi connectivity index (χ1n) is 11.1. The maximum Gasteiger partial charge on any atom is 0.262 e. The number of ether oxygens (including phenoxy) is 2. The molecule has 3 aromatic carbocycles. The van der Waals surface area contributed by atoms with Crippen molar-refractivity contribution in [3.05, 3.63) is 114 Å². The molecule has 0 aliphatic carbocycles. The smallest absolute Gasteiger partial charge is 0.262 e. The summed E-state index contributed by atoms with van der Waals surface area (Å²) in [6.45, 7) is 2.16. The Hall–Kier alpha value is -4.65. The van der Waals surface area contributed by atoms with Gasteiger partial charge in [-0.3, -0.25) is 14.6 Å². The molecule has 2 amide bonds. The van der Waals surface area contributed by atoms with Gasteiger partial charge in [0.2, 0.25) is 0 Å². The van der Waals surface area contributed by atoms with Gasteiger partial charge in [0.1, 0.15) is 17.2 Å². The van der Waals surface area contributed by atoms with Gasteiger partial charge in [-0.2, -0.15) is 0 Å². The van der Waals surface area contributed by atoms with E-state index in [9.17, 15) is 9.59 Å². The molecule has 176 valence electrons. The highest BCUT2D eigenvalue weighted by Crippen LogP contribution is 2.24. The molecule has 35 heavy (non-hydrogen) atoms. The number of anilines is 1. The molecule has 0 aliphatic heterocycles. The SMILES string of the molecule is Cc1ccc(Oc2ccc(OCC(=O)Nc3cccc(C(=O)NCc4ccccn4)c3)cc2)cc1. The number of pyridine rings is 1. The van der Waals surface area contributed by atoms with Crippen molar-refractivity contribution in [2.45, 2.75) is 13.5 Å². The van der Waals surface area contributed by atoms with Crippen LogP contribution in [-0.2, 0) is 11.3 Å². The summed E-state index contributed by atoms with van der Waals surface area (Å²) < 4.78 is 11.4. The molecule has 1 heterocycles. The lowest BCUT2D eigenvalue weighted by atomic mass is 10.2. The number of benzene rings is 3. The summed E-state index contributed by atoms with van der Waals surface area (Å²) in [6.07, 6.45) is 1.67. The van der Waals surface area contributed by atoms with Crippen LogP contribution in [0.1, 0.15) is 21.6 Å². The van der Waals surface area contributed by atoms with Crippen molar-refractivity contribution in [1.82, 2.24) is 10.3 Å². The largest absolute Gasteiger partial charge is 0.484 e. The molecule has 0 atom stereocenters. The number of hydrogen-bond donors (Lipinski definition) is 2. The van der Waals surface area contributed by atoms with Gasteiger partial charge in [-0.15, -0.1) is 0 Å². The minimum Gasteiger partial charge on any atom is -0.484 e. The summed E-state index contributed by atoms with van der Waals surface area (Å²) in [5.41, 5.74) is 2.86. The van der Waals surface area contributed by atoms with Crippen LogP contribution in [0.5, 0.6) is 17.2 Å². The summed E-state index contributed by atoms with van der Waals surface area (Å²) in [5, 5.41) is 5.56. The molecule has 1 aromatic heterocycles. The van der Waals surface area contributed by atoms with Crippen LogP contribution in [0.3, 0.4) is 0 Å². The third-order valence-electron chi connectivity index (χ3n) is 5.02. The van der Waals surface area contributed by atoms with Crippen molar-refractivity contribution in [2.75, 3.05) is 11.9 Å². The molecule has 4 rings (SSSR count). The van der Waals surface area contributed by atoms with Crippen LogP contribution in [0.4, 0.5) is 5.69 Å². The summed E-state index contributed by atoms with van der Waals surface area (Å²) in [4.78, 5) is 29.0. The Morgan fingerprint density at radius 1 is 0.829 bits per heavy atom. The Morgan fingerprint density at radius 3 is 2.26 bits per heavy atom. The first-order chi connectivity index (χ1) is 17.0. The standard InChI is InChI=1S/C28H25N3O4/c1-20-8-10-25(11-9-20)35-26-14-12-24(13-15-26)34-19-27(32)31-22-7-4-5-21(17-22)28(33)30-18-23-6-2-3-16-29-23/h2-17H,18-19H2,1H3,(H,30,33)(H,31,32). The molecule has 0 saturated heterocycles. The predicted octanol–water partition coefficient (Wildman–Crippen LogP) is 5.13. The number of rotatable bonds is 9. The number of nitrogens with one attached hydrogen (secondary N) is 2. The van der Waals surface area contributed by atoms with Gasteiger partial charge in [-0.05, 0) is 73.7 Å². The van der Waals surface area contributed by atoms with Crippen molar-refractivity contribution < 1.29 is 19.1 Å². The molecule has 0 radical (unpaired) electrons. The highest BCUT2D eigenvalue weighted by atomic mass is 16.5. The molecule has 2 N–H and O–H groups in total. The molecule has 0 saturated carbocycles. The molecule has 7 nitrogen and oxygen atoms in total. The van der Waals surface area contributed by atoms with E-state index in [1.54, 1.807) is 54.7 Å². The zero-order chi connectivity index (χ0) is 24.5. The van der Waals surface area contributed by atoms with Crippen LogP contribution in [0.15, 0.2) is 97.2 Å². The zero-order valence-electron chi connectivity index (χ0n) is 19.2.